The van der Waals surface area contributed by atoms with Crippen molar-refractivity contribution in [3.05, 3.63) is 23.8 Å². The summed E-state index contributed by atoms with van der Waals surface area (Å²) in [4.78, 5) is 14.3. The predicted octanol–water partition coefficient (Wildman–Crippen LogP) is 1.83. The molecule has 1 aromatic carbocycles. The van der Waals surface area contributed by atoms with Crippen LogP contribution in [0.5, 0.6) is 11.5 Å². The van der Waals surface area contributed by atoms with Crippen LogP contribution in [0.25, 0.3) is 0 Å². The van der Waals surface area contributed by atoms with E-state index in [1.165, 1.54) is 0 Å². The van der Waals surface area contributed by atoms with Crippen LogP contribution in [-0.4, -0.2) is 69.5 Å². The highest BCUT2D eigenvalue weighted by Crippen LogP contribution is 2.28. The summed E-state index contributed by atoms with van der Waals surface area (Å²) < 4.78 is 16.4. The molecule has 0 aromatic heterocycles. The molecule has 160 valence electrons. The van der Waals surface area contributed by atoms with E-state index in [0.29, 0.717) is 11.5 Å². The van der Waals surface area contributed by atoms with Crippen molar-refractivity contribution in [2.75, 3.05) is 53.1 Å². The molecular formula is C20H34ClN3O4. The number of morpholine rings is 1. The number of nitrogens with zero attached hydrogens (tertiary/aromatic N) is 1. The first-order chi connectivity index (χ1) is 12.9. The van der Waals surface area contributed by atoms with Crippen LogP contribution in [0.1, 0.15) is 26.3 Å². The van der Waals surface area contributed by atoms with Crippen molar-refractivity contribution in [2.24, 2.45) is 0 Å². The van der Waals surface area contributed by atoms with Gasteiger partial charge in [0.05, 0.1) is 20.3 Å². The molecule has 0 radical (unpaired) electrons. The summed E-state index contributed by atoms with van der Waals surface area (Å²) in [6.45, 7) is 12.1. The molecule has 1 heterocycles. The van der Waals surface area contributed by atoms with Crippen LogP contribution >= 0.6 is 12.4 Å². The zero-order valence-electron chi connectivity index (χ0n) is 17.4. The van der Waals surface area contributed by atoms with Crippen molar-refractivity contribution in [2.45, 2.75) is 32.9 Å². The minimum atomic E-state index is -0.277. The molecule has 0 aliphatic carbocycles. The van der Waals surface area contributed by atoms with Gasteiger partial charge in [-0.1, -0.05) is 6.07 Å². The van der Waals surface area contributed by atoms with Gasteiger partial charge in [-0.2, -0.15) is 0 Å². The lowest BCUT2D eigenvalue weighted by Gasteiger charge is -2.26. The van der Waals surface area contributed by atoms with E-state index in [9.17, 15) is 4.79 Å². The number of carbonyl (C=O) groups is 1. The lowest BCUT2D eigenvalue weighted by atomic mass is 10.1. The number of nitrogens with one attached hydrogen (secondary N) is 2. The lowest BCUT2D eigenvalue weighted by Crippen LogP contribution is -2.43. The third-order valence-electron chi connectivity index (χ3n) is 4.14. The fraction of sp³-hybridized carbons (Fsp3) is 0.650. The molecule has 2 N–H and O–H groups in total. The van der Waals surface area contributed by atoms with Crippen molar-refractivity contribution in [1.29, 1.82) is 0 Å². The summed E-state index contributed by atoms with van der Waals surface area (Å²) in [7, 11) is 1.60. The molecule has 1 aromatic rings. The lowest BCUT2D eigenvalue weighted by molar-refractivity contribution is -0.124. The van der Waals surface area contributed by atoms with E-state index in [4.69, 9.17) is 14.2 Å². The Morgan fingerprint density at radius 3 is 2.57 bits per heavy atom. The van der Waals surface area contributed by atoms with Crippen LogP contribution in [0, 0.1) is 0 Å². The number of ether oxygens (including phenoxy) is 3. The number of hydrogen-bond donors (Lipinski definition) is 2. The Hall–Kier alpha value is -1.54. The van der Waals surface area contributed by atoms with E-state index in [1.54, 1.807) is 7.11 Å². The third-order valence-corrected chi connectivity index (χ3v) is 4.14. The maximum Gasteiger partial charge on any atom is 0.258 e. The number of amides is 1. The highest BCUT2D eigenvalue weighted by molar-refractivity contribution is 5.85. The quantitative estimate of drug-likeness (QED) is 0.599. The molecule has 1 fully saturated rings. The molecule has 0 atom stereocenters. The van der Waals surface area contributed by atoms with Crippen molar-refractivity contribution in [3.8, 4) is 11.5 Å². The molecule has 2 rings (SSSR count). The van der Waals surface area contributed by atoms with Crippen molar-refractivity contribution in [3.63, 3.8) is 0 Å². The van der Waals surface area contributed by atoms with Crippen LogP contribution in [-0.2, 0) is 16.1 Å². The fourth-order valence-corrected chi connectivity index (χ4v) is 2.83. The molecular weight excluding hydrogens is 382 g/mol. The second-order valence-corrected chi connectivity index (χ2v) is 7.70. The first kappa shape index (κ1) is 24.5. The Balaban J connectivity index is 0.00000392. The number of benzene rings is 1. The van der Waals surface area contributed by atoms with E-state index in [1.807, 2.05) is 39.0 Å². The molecule has 8 heteroatoms. The Morgan fingerprint density at radius 1 is 1.21 bits per heavy atom. The van der Waals surface area contributed by atoms with Gasteiger partial charge in [-0.3, -0.25) is 9.69 Å². The Kier molecular flexibility index (Phi) is 10.6. The minimum absolute atomic E-state index is 0. The van der Waals surface area contributed by atoms with Gasteiger partial charge in [0.15, 0.2) is 18.1 Å². The number of carbonyl (C=O) groups excluding carboxylic acids is 1. The number of halogens is 1. The summed E-state index contributed by atoms with van der Waals surface area (Å²) in [5, 5.41) is 6.33. The van der Waals surface area contributed by atoms with E-state index in [2.05, 4.69) is 15.5 Å². The van der Waals surface area contributed by atoms with Gasteiger partial charge in [0, 0.05) is 38.3 Å². The second kappa shape index (κ2) is 12.1. The van der Waals surface area contributed by atoms with E-state index in [-0.39, 0.29) is 30.5 Å². The van der Waals surface area contributed by atoms with E-state index in [0.717, 1.165) is 51.5 Å². The maximum absolute atomic E-state index is 11.9. The van der Waals surface area contributed by atoms with Gasteiger partial charge in [-0.15, -0.1) is 12.4 Å². The second-order valence-electron chi connectivity index (χ2n) is 7.70. The first-order valence-corrected chi connectivity index (χ1v) is 9.49. The monoisotopic (exact) mass is 415 g/mol. The Bertz CT molecular complexity index is 602. The van der Waals surface area contributed by atoms with Gasteiger partial charge in [0.25, 0.3) is 5.91 Å². The van der Waals surface area contributed by atoms with Crippen LogP contribution in [0.3, 0.4) is 0 Å². The third kappa shape index (κ3) is 9.10. The van der Waals surface area contributed by atoms with Crippen LogP contribution in [0.2, 0.25) is 0 Å². The smallest absolute Gasteiger partial charge is 0.258 e. The predicted molar refractivity (Wildman–Crippen MR) is 113 cm³/mol. The summed E-state index contributed by atoms with van der Waals surface area (Å²) in [5.41, 5.74) is 0.835. The Labute approximate surface area is 174 Å². The van der Waals surface area contributed by atoms with Crippen LogP contribution in [0.4, 0.5) is 0 Å². The molecule has 0 saturated carbocycles. The summed E-state index contributed by atoms with van der Waals surface area (Å²) in [6.07, 6.45) is 0. The molecule has 1 aliphatic heterocycles. The average Bonchev–Trinajstić information content (AvgIpc) is 2.63. The van der Waals surface area contributed by atoms with Gasteiger partial charge >= 0.3 is 0 Å². The molecule has 28 heavy (non-hydrogen) atoms. The number of methoxy groups -OCH3 is 1. The van der Waals surface area contributed by atoms with Crippen molar-refractivity contribution in [1.82, 2.24) is 15.5 Å². The molecule has 1 saturated heterocycles. The fourth-order valence-electron chi connectivity index (χ4n) is 2.83. The van der Waals surface area contributed by atoms with Crippen LogP contribution in [0.15, 0.2) is 18.2 Å². The highest BCUT2D eigenvalue weighted by atomic mass is 35.5. The molecule has 7 nitrogen and oxygen atoms in total. The van der Waals surface area contributed by atoms with E-state index < -0.39 is 0 Å². The van der Waals surface area contributed by atoms with Crippen molar-refractivity contribution < 1.29 is 19.0 Å². The van der Waals surface area contributed by atoms with Gasteiger partial charge in [0.1, 0.15) is 0 Å². The normalized spacial score (nSPS) is 14.9. The number of rotatable bonds is 9. The molecule has 0 spiro atoms. The van der Waals surface area contributed by atoms with E-state index >= 15 is 0 Å². The Morgan fingerprint density at radius 2 is 1.93 bits per heavy atom. The van der Waals surface area contributed by atoms with Crippen molar-refractivity contribution >= 4 is 18.3 Å². The number of hydrogen-bond acceptors (Lipinski definition) is 6. The summed E-state index contributed by atoms with van der Waals surface area (Å²) in [6, 6.07) is 5.78. The maximum atomic E-state index is 11.9. The molecule has 0 unspecified atom stereocenters. The zero-order valence-corrected chi connectivity index (χ0v) is 18.2. The first-order valence-electron chi connectivity index (χ1n) is 9.49. The summed E-state index contributed by atoms with van der Waals surface area (Å²) >= 11 is 0. The van der Waals surface area contributed by atoms with Gasteiger partial charge in [-0.05, 0) is 38.5 Å². The standard InChI is InChI=1S/C20H33N3O4.ClH/c1-20(2,3)22-19(24)15-27-17-6-5-16(13-18(17)25-4)14-21-7-8-23-9-11-26-12-10-23;/h5-6,13,21H,7-12,14-15H2,1-4H3,(H,22,24);1H. The SMILES string of the molecule is COc1cc(CNCCN2CCOCC2)ccc1OCC(=O)NC(C)(C)C.Cl. The molecule has 0 bridgehead atoms. The molecule has 1 amide bonds. The van der Waals surface area contributed by atoms with Gasteiger partial charge in [0.2, 0.25) is 0 Å². The summed E-state index contributed by atoms with van der Waals surface area (Å²) in [5.74, 6) is 1.04. The topological polar surface area (TPSA) is 72.1 Å². The van der Waals surface area contributed by atoms with Gasteiger partial charge in [-0.25, -0.2) is 0 Å². The zero-order chi connectivity index (χ0) is 19.7. The van der Waals surface area contributed by atoms with Gasteiger partial charge < -0.3 is 24.8 Å². The largest absolute Gasteiger partial charge is 0.493 e. The molecule has 1 aliphatic rings. The van der Waals surface area contributed by atoms with Crippen LogP contribution < -0.4 is 20.1 Å². The average molecular weight is 416 g/mol. The highest BCUT2D eigenvalue weighted by Gasteiger charge is 2.15. The minimum Gasteiger partial charge on any atom is -0.493 e.